The van der Waals surface area contributed by atoms with Crippen molar-refractivity contribution >= 4 is 35.0 Å². The topological polar surface area (TPSA) is 96.2 Å². The van der Waals surface area contributed by atoms with Crippen molar-refractivity contribution in [1.29, 1.82) is 0 Å². The van der Waals surface area contributed by atoms with E-state index < -0.39 is 6.03 Å². The number of hydrogen-bond acceptors (Lipinski definition) is 2. The summed E-state index contributed by atoms with van der Waals surface area (Å²) in [7, 11) is 0. The lowest BCUT2D eigenvalue weighted by molar-refractivity contribution is 0.249. The molecule has 0 radical (unpaired) electrons. The minimum absolute atomic E-state index is 0.214. The highest BCUT2D eigenvalue weighted by atomic mass is 35.5. The van der Waals surface area contributed by atoms with Gasteiger partial charge in [-0.3, -0.25) is 0 Å². The number of anilines is 2. The van der Waals surface area contributed by atoms with E-state index in [1.165, 1.54) is 0 Å². The van der Waals surface area contributed by atoms with Crippen LogP contribution in [0.1, 0.15) is 24.1 Å². The average molecular weight is 347 g/mol. The van der Waals surface area contributed by atoms with Crippen LogP contribution in [0.3, 0.4) is 0 Å². The monoisotopic (exact) mass is 346 g/mol. The molecule has 6 nitrogen and oxygen atoms in total. The van der Waals surface area contributed by atoms with E-state index in [1.807, 2.05) is 19.9 Å². The zero-order valence-corrected chi connectivity index (χ0v) is 14.1. The maximum Gasteiger partial charge on any atom is 0.319 e. The molecule has 0 aliphatic carbocycles. The molecule has 0 spiro atoms. The number of aryl methyl sites for hydroxylation is 1. The van der Waals surface area contributed by atoms with Gasteiger partial charge in [-0.15, -0.1) is 0 Å². The van der Waals surface area contributed by atoms with Gasteiger partial charge in [0.2, 0.25) is 0 Å². The number of benzene rings is 2. The number of hydrogen-bond donors (Lipinski definition) is 4. The molecule has 2 rings (SSSR count). The minimum atomic E-state index is -0.620. The highest BCUT2D eigenvalue weighted by molar-refractivity contribution is 6.31. The molecule has 2 aromatic carbocycles. The molecule has 24 heavy (non-hydrogen) atoms. The van der Waals surface area contributed by atoms with E-state index in [0.717, 1.165) is 11.1 Å². The van der Waals surface area contributed by atoms with Crippen molar-refractivity contribution < 1.29 is 9.59 Å². The quantitative estimate of drug-likeness (QED) is 0.672. The normalized spacial score (nSPS) is 11.5. The van der Waals surface area contributed by atoms with Gasteiger partial charge in [0.15, 0.2) is 0 Å². The van der Waals surface area contributed by atoms with Gasteiger partial charge in [-0.2, -0.15) is 0 Å². The summed E-state index contributed by atoms with van der Waals surface area (Å²) in [6.45, 7) is 3.75. The van der Waals surface area contributed by atoms with Gasteiger partial charge in [0, 0.05) is 16.4 Å². The first-order valence-electron chi connectivity index (χ1n) is 7.35. The highest BCUT2D eigenvalue weighted by Crippen LogP contribution is 2.20. The maximum atomic E-state index is 12.1. The van der Waals surface area contributed by atoms with Gasteiger partial charge >= 0.3 is 12.1 Å². The molecular formula is C17H19ClN4O2. The standard InChI is InChI=1S/C17H19ClN4O2/c1-10-3-6-14(9-15(10)18)22-17(24)20-11(2)12-4-7-13(8-5-12)21-16(19)23/h3-9,11H,1-2H3,(H3,19,21,23)(H2,20,22,24). The molecule has 0 aliphatic rings. The van der Waals surface area contributed by atoms with Crippen molar-refractivity contribution in [1.82, 2.24) is 5.32 Å². The van der Waals surface area contributed by atoms with Crippen LogP contribution in [0.15, 0.2) is 42.5 Å². The van der Waals surface area contributed by atoms with Crippen LogP contribution < -0.4 is 21.7 Å². The molecule has 0 fully saturated rings. The largest absolute Gasteiger partial charge is 0.351 e. The Hall–Kier alpha value is -2.73. The molecule has 0 saturated heterocycles. The van der Waals surface area contributed by atoms with Crippen molar-refractivity contribution in [2.45, 2.75) is 19.9 Å². The number of carbonyl (C=O) groups excluding carboxylic acids is 2. The fraction of sp³-hybridized carbons (Fsp3) is 0.176. The SMILES string of the molecule is Cc1ccc(NC(=O)NC(C)c2ccc(NC(N)=O)cc2)cc1Cl. The fourth-order valence-corrected chi connectivity index (χ4v) is 2.30. The van der Waals surface area contributed by atoms with E-state index >= 15 is 0 Å². The number of carbonyl (C=O) groups is 2. The molecular weight excluding hydrogens is 328 g/mol. The maximum absolute atomic E-state index is 12.1. The first-order chi connectivity index (χ1) is 11.3. The van der Waals surface area contributed by atoms with Gasteiger partial charge < -0.3 is 21.7 Å². The Morgan fingerprint density at radius 1 is 1.04 bits per heavy atom. The lowest BCUT2D eigenvalue weighted by Gasteiger charge is -2.16. The van der Waals surface area contributed by atoms with E-state index in [4.69, 9.17) is 17.3 Å². The molecule has 0 heterocycles. The molecule has 0 aromatic heterocycles. The van der Waals surface area contributed by atoms with Gasteiger partial charge in [-0.25, -0.2) is 9.59 Å². The Bertz CT molecular complexity index is 747. The second-order valence-corrected chi connectivity index (χ2v) is 5.80. The summed E-state index contributed by atoms with van der Waals surface area (Å²) in [6, 6.07) is 11.2. The first-order valence-corrected chi connectivity index (χ1v) is 7.73. The number of halogens is 1. The van der Waals surface area contributed by atoms with Crippen molar-refractivity contribution in [2.75, 3.05) is 10.6 Å². The van der Waals surface area contributed by atoms with Gasteiger partial charge in [0.25, 0.3) is 0 Å². The molecule has 2 aromatic rings. The summed E-state index contributed by atoms with van der Waals surface area (Å²) in [4.78, 5) is 22.9. The van der Waals surface area contributed by atoms with Crippen LogP contribution in [0.4, 0.5) is 21.0 Å². The summed E-state index contributed by atoms with van der Waals surface area (Å²) in [5.41, 5.74) is 8.11. The first kappa shape index (κ1) is 17.6. The molecule has 7 heteroatoms. The zero-order valence-electron chi connectivity index (χ0n) is 13.4. The average Bonchev–Trinajstić information content (AvgIpc) is 2.51. The summed E-state index contributed by atoms with van der Waals surface area (Å²) < 4.78 is 0. The molecule has 126 valence electrons. The van der Waals surface area contributed by atoms with Crippen LogP contribution in [0.5, 0.6) is 0 Å². The van der Waals surface area contributed by atoms with Gasteiger partial charge in [0.05, 0.1) is 6.04 Å². The van der Waals surface area contributed by atoms with E-state index in [0.29, 0.717) is 16.4 Å². The van der Waals surface area contributed by atoms with Crippen molar-refractivity contribution in [2.24, 2.45) is 5.73 Å². The molecule has 5 N–H and O–H groups in total. The molecule has 1 unspecified atom stereocenters. The lowest BCUT2D eigenvalue weighted by Crippen LogP contribution is -2.31. The highest BCUT2D eigenvalue weighted by Gasteiger charge is 2.10. The molecule has 0 saturated carbocycles. The van der Waals surface area contributed by atoms with Crippen LogP contribution in [0, 0.1) is 6.92 Å². The molecule has 1 atom stereocenters. The number of rotatable bonds is 4. The van der Waals surface area contributed by atoms with Crippen LogP contribution >= 0.6 is 11.6 Å². The Kier molecular flexibility index (Phi) is 5.65. The van der Waals surface area contributed by atoms with E-state index in [2.05, 4.69) is 16.0 Å². The van der Waals surface area contributed by atoms with Crippen molar-refractivity contribution in [3.63, 3.8) is 0 Å². The van der Waals surface area contributed by atoms with Crippen molar-refractivity contribution in [3.05, 3.63) is 58.6 Å². The number of nitrogens with one attached hydrogen (secondary N) is 3. The van der Waals surface area contributed by atoms with Gasteiger partial charge in [0.1, 0.15) is 0 Å². The second kappa shape index (κ2) is 7.70. The predicted octanol–water partition coefficient (Wildman–Crippen LogP) is 4.02. The number of nitrogens with two attached hydrogens (primary N) is 1. The summed E-state index contributed by atoms with van der Waals surface area (Å²) >= 11 is 6.04. The van der Waals surface area contributed by atoms with Crippen molar-refractivity contribution in [3.8, 4) is 0 Å². The molecule has 0 aliphatic heterocycles. The predicted molar refractivity (Wildman–Crippen MR) is 96.4 cm³/mol. The third-order valence-electron chi connectivity index (χ3n) is 3.46. The minimum Gasteiger partial charge on any atom is -0.351 e. The Morgan fingerprint density at radius 2 is 1.67 bits per heavy atom. The lowest BCUT2D eigenvalue weighted by atomic mass is 10.1. The number of primary amides is 1. The Morgan fingerprint density at radius 3 is 2.25 bits per heavy atom. The third kappa shape index (κ3) is 4.89. The fourth-order valence-electron chi connectivity index (χ4n) is 2.12. The summed E-state index contributed by atoms with van der Waals surface area (Å²) in [6.07, 6.45) is 0. The number of urea groups is 2. The molecule has 4 amide bonds. The Labute approximate surface area is 145 Å². The number of amides is 4. The second-order valence-electron chi connectivity index (χ2n) is 5.40. The van der Waals surface area contributed by atoms with E-state index in [9.17, 15) is 9.59 Å². The van der Waals surface area contributed by atoms with E-state index in [-0.39, 0.29) is 12.1 Å². The Balaban J connectivity index is 1.95. The van der Waals surface area contributed by atoms with Crippen LogP contribution in [0.25, 0.3) is 0 Å². The summed E-state index contributed by atoms with van der Waals surface area (Å²) in [5, 5.41) is 8.65. The van der Waals surface area contributed by atoms with Gasteiger partial charge in [-0.1, -0.05) is 29.8 Å². The third-order valence-corrected chi connectivity index (χ3v) is 3.86. The summed E-state index contributed by atoms with van der Waals surface area (Å²) in [5.74, 6) is 0. The molecule has 0 bridgehead atoms. The van der Waals surface area contributed by atoms with Crippen LogP contribution in [-0.4, -0.2) is 12.1 Å². The zero-order chi connectivity index (χ0) is 17.7. The van der Waals surface area contributed by atoms with Crippen LogP contribution in [0.2, 0.25) is 5.02 Å². The van der Waals surface area contributed by atoms with Crippen LogP contribution in [-0.2, 0) is 0 Å². The smallest absolute Gasteiger partial charge is 0.319 e. The van der Waals surface area contributed by atoms with Gasteiger partial charge in [-0.05, 0) is 49.2 Å². The van der Waals surface area contributed by atoms with E-state index in [1.54, 1.807) is 36.4 Å².